The minimum atomic E-state index is -0.912. The maximum Gasteiger partial charge on any atom is 0.408 e. The third-order valence-corrected chi connectivity index (χ3v) is 6.13. The Morgan fingerprint density at radius 2 is 1.73 bits per heavy atom. The van der Waals surface area contributed by atoms with E-state index in [4.69, 9.17) is 11.2 Å². The summed E-state index contributed by atoms with van der Waals surface area (Å²) in [6, 6.07) is 14.8. The van der Waals surface area contributed by atoms with Crippen molar-refractivity contribution in [3.05, 3.63) is 71.3 Å². The number of ether oxygens (including phenoxy) is 1. The van der Waals surface area contributed by atoms with Gasteiger partial charge in [-0.1, -0.05) is 48.4 Å². The van der Waals surface area contributed by atoms with Gasteiger partial charge in [0.2, 0.25) is 11.8 Å². The van der Waals surface area contributed by atoms with Gasteiger partial charge in [0.25, 0.3) is 0 Å². The molecule has 0 fully saturated rings. The average molecular weight is 524 g/mol. The molecule has 0 saturated heterocycles. The summed E-state index contributed by atoms with van der Waals surface area (Å²) in [6.07, 6.45) is 7.16. The highest BCUT2D eigenvalue weighted by Crippen LogP contribution is 2.24. The fourth-order valence-electron chi connectivity index (χ4n) is 3.72. The van der Waals surface area contributed by atoms with Crippen LogP contribution in [0.5, 0.6) is 0 Å². The third-order valence-electron chi connectivity index (χ3n) is 5.49. The maximum absolute atomic E-state index is 13.8. The highest BCUT2D eigenvalue weighted by molar-refractivity contribution is 7.98. The Hall–Kier alpha value is -3.44. The Morgan fingerprint density at radius 1 is 1.08 bits per heavy atom. The van der Waals surface area contributed by atoms with Gasteiger partial charge in [0.05, 0.1) is 0 Å². The number of benzene rings is 2. The van der Waals surface area contributed by atoms with E-state index in [1.807, 2.05) is 43.5 Å². The van der Waals surface area contributed by atoms with Gasteiger partial charge in [-0.3, -0.25) is 9.59 Å². The van der Waals surface area contributed by atoms with E-state index < -0.39 is 23.8 Å². The Labute approximate surface area is 224 Å². The van der Waals surface area contributed by atoms with Gasteiger partial charge in [0, 0.05) is 18.7 Å². The second-order valence-corrected chi connectivity index (χ2v) is 10.5. The molecule has 2 unspecified atom stereocenters. The molecule has 8 heteroatoms. The Kier molecular flexibility index (Phi) is 11.5. The van der Waals surface area contributed by atoms with Crippen LogP contribution in [0.3, 0.4) is 0 Å². The van der Waals surface area contributed by atoms with Gasteiger partial charge in [-0.05, 0) is 69.4 Å². The molecule has 198 valence electrons. The van der Waals surface area contributed by atoms with E-state index in [0.717, 1.165) is 5.56 Å². The minimum Gasteiger partial charge on any atom is -0.444 e. The lowest BCUT2D eigenvalue weighted by Crippen LogP contribution is -2.53. The molecule has 2 rings (SSSR count). The first-order valence-corrected chi connectivity index (χ1v) is 13.7. The molecule has 0 spiro atoms. The number of likely N-dealkylation sites (N-methyl/N-ethyl adjacent to an activating group) is 1. The summed E-state index contributed by atoms with van der Waals surface area (Å²) in [5.74, 6) is 2.53. The predicted octanol–water partition coefficient (Wildman–Crippen LogP) is 4.52. The molecule has 0 aliphatic carbocycles. The second-order valence-electron chi connectivity index (χ2n) is 9.48. The van der Waals surface area contributed by atoms with E-state index in [1.54, 1.807) is 56.8 Å². The summed E-state index contributed by atoms with van der Waals surface area (Å²) in [6.45, 7) is 7.66. The van der Waals surface area contributed by atoms with Crippen LogP contribution in [-0.4, -0.2) is 53.0 Å². The summed E-state index contributed by atoms with van der Waals surface area (Å²) in [5.41, 5.74) is 1.53. The first-order valence-electron chi connectivity index (χ1n) is 12.3. The zero-order chi connectivity index (χ0) is 27.4. The van der Waals surface area contributed by atoms with Crippen LogP contribution in [0.2, 0.25) is 0 Å². The second kappa shape index (κ2) is 14.3. The summed E-state index contributed by atoms with van der Waals surface area (Å²) in [5, 5.41) is 5.68. The first kappa shape index (κ1) is 29.8. The smallest absolute Gasteiger partial charge is 0.408 e. The van der Waals surface area contributed by atoms with Crippen LogP contribution >= 0.6 is 11.8 Å². The van der Waals surface area contributed by atoms with Crippen molar-refractivity contribution in [1.29, 1.82) is 0 Å². The molecule has 0 aliphatic heterocycles. The van der Waals surface area contributed by atoms with Crippen LogP contribution in [0.25, 0.3) is 0 Å². The van der Waals surface area contributed by atoms with Crippen LogP contribution < -0.4 is 10.6 Å². The molecule has 2 aromatic carbocycles. The Bertz CT molecular complexity index is 1080. The number of rotatable bonds is 11. The lowest BCUT2D eigenvalue weighted by atomic mass is 10.0. The Morgan fingerprint density at radius 3 is 2.27 bits per heavy atom. The van der Waals surface area contributed by atoms with Crippen molar-refractivity contribution < 1.29 is 19.1 Å². The lowest BCUT2D eigenvalue weighted by molar-refractivity contribution is -0.142. The van der Waals surface area contributed by atoms with E-state index in [2.05, 4.69) is 16.6 Å². The number of nitrogens with one attached hydrogen (secondary N) is 2. The Balaban J connectivity index is 2.37. The molecular weight excluding hydrogens is 486 g/mol. The zero-order valence-electron chi connectivity index (χ0n) is 22.2. The fourth-order valence-corrected chi connectivity index (χ4v) is 4.20. The number of amides is 3. The van der Waals surface area contributed by atoms with Crippen LogP contribution in [0, 0.1) is 12.3 Å². The molecule has 0 saturated carbocycles. The maximum atomic E-state index is 13.8. The van der Waals surface area contributed by atoms with Crippen LogP contribution in [-0.2, 0) is 20.9 Å². The van der Waals surface area contributed by atoms with Crippen molar-refractivity contribution in [3.8, 4) is 12.3 Å². The summed E-state index contributed by atoms with van der Waals surface area (Å²) >= 11 is 1.57. The molecule has 0 bridgehead atoms. The van der Waals surface area contributed by atoms with Crippen molar-refractivity contribution in [1.82, 2.24) is 15.5 Å². The number of hydrogen-bond donors (Lipinski definition) is 2. The van der Waals surface area contributed by atoms with E-state index >= 15 is 0 Å². The first-order chi connectivity index (χ1) is 17.6. The zero-order valence-corrected chi connectivity index (χ0v) is 23.1. The SMILES string of the molecule is C#Cc1ccc(C(C(=O)NCc2ccccc2)N(CC)C(=O)C(CCSC)NC(=O)OC(C)(C)C)cc1. The summed E-state index contributed by atoms with van der Waals surface area (Å²) in [7, 11) is 0. The highest BCUT2D eigenvalue weighted by atomic mass is 32.2. The number of nitrogens with zero attached hydrogens (tertiary/aromatic N) is 1. The number of carbonyl (C=O) groups excluding carboxylic acids is 3. The van der Waals surface area contributed by atoms with Crippen molar-refractivity contribution >= 4 is 29.7 Å². The summed E-state index contributed by atoms with van der Waals surface area (Å²) < 4.78 is 5.39. The molecule has 0 heterocycles. The van der Waals surface area contributed by atoms with E-state index in [0.29, 0.717) is 29.8 Å². The van der Waals surface area contributed by atoms with Gasteiger partial charge in [-0.2, -0.15) is 11.8 Å². The third kappa shape index (κ3) is 9.51. The van der Waals surface area contributed by atoms with Crippen LogP contribution in [0.1, 0.15) is 56.8 Å². The van der Waals surface area contributed by atoms with Crippen molar-refractivity contribution in [2.45, 2.75) is 58.3 Å². The van der Waals surface area contributed by atoms with E-state index in [9.17, 15) is 14.4 Å². The standard InChI is InChI=1S/C29H37N3O4S/c1-7-21-14-16-23(17-15-21)25(26(33)30-20-22-12-10-9-11-13-22)32(8-2)27(34)24(18-19-37-6)31-28(35)36-29(3,4)5/h1,9-17,24-25H,8,18-20H2,2-6H3,(H,30,33)(H,31,35). The summed E-state index contributed by atoms with van der Waals surface area (Å²) in [4.78, 5) is 41.4. The number of alkyl carbamates (subject to hydrolysis) is 1. The molecule has 2 N–H and O–H groups in total. The highest BCUT2D eigenvalue weighted by Gasteiger charge is 2.35. The number of thioether (sulfide) groups is 1. The normalized spacial score (nSPS) is 12.5. The predicted molar refractivity (Wildman–Crippen MR) is 149 cm³/mol. The molecular formula is C29H37N3O4S. The fraction of sp³-hybridized carbons (Fsp3) is 0.414. The average Bonchev–Trinajstić information content (AvgIpc) is 2.87. The van der Waals surface area contributed by atoms with Crippen LogP contribution in [0.15, 0.2) is 54.6 Å². The molecule has 0 aromatic heterocycles. The monoisotopic (exact) mass is 523 g/mol. The van der Waals surface area contributed by atoms with Gasteiger partial charge >= 0.3 is 6.09 Å². The molecule has 0 aliphatic rings. The van der Waals surface area contributed by atoms with Gasteiger partial charge in [0.1, 0.15) is 17.7 Å². The molecule has 2 atom stereocenters. The number of hydrogen-bond acceptors (Lipinski definition) is 5. The van der Waals surface area contributed by atoms with E-state index in [1.165, 1.54) is 4.90 Å². The minimum absolute atomic E-state index is 0.255. The molecule has 37 heavy (non-hydrogen) atoms. The van der Waals surface area contributed by atoms with Gasteiger partial charge < -0.3 is 20.3 Å². The number of carbonyl (C=O) groups is 3. The van der Waals surface area contributed by atoms with Crippen molar-refractivity contribution in [3.63, 3.8) is 0 Å². The van der Waals surface area contributed by atoms with Crippen LogP contribution in [0.4, 0.5) is 4.79 Å². The van der Waals surface area contributed by atoms with Crippen molar-refractivity contribution in [2.75, 3.05) is 18.6 Å². The molecule has 2 aromatic rings. The van der Waals surface area contributed by atoms with Gasteiger partial charge in [0.15, 0.2) is 0 Å². The molecule has 0 radical (unpaired) electrons. The topological polar surface area (TPSA) is 87.7 Å². The molecule has 3 amide bonds. The number of terminal acetylenes is 1. The van der Waals surface area contributed by atoms with Gasteiger partial charge in [-0.15, -0.1) is 6.42 Å². The molecule has 7 nitrogen and oxygen atoms in total. The van der Waals surface area contributed by atoms with E-state index in [-0.39, 0.29) is 18.4 Å². The van der Waals surface area contributed by atoms with Gasteiger partial charge in [-0.25, -0.2) is 4.79 Å². The quantitative estimate of drug-likeness (QED) is 0.423. The lowest BCUT2D eigenvalue weighted by Gasteiger charge is -2.33. The largest absolute Gasteiger partial charge is 0.444 e. The van der Waals surface area contributed by atoms with Crippen molar-refractivity contribution in [2.24, 2.45) is 0 Å².